The third-order valence-electron chi connectivity index (χ3n) is 7.71. The fourth-order valence-electron chi connectivity index (χ4n) is 5.77. The van der Waals surface area contributed by atoms with Crippen molar-refractivity contribution < 1.29 is 5.11 Å². The monoisotopic (exact) mass is 487 g/mol. The summed E-state index contributed by atoms with van der Waals surface area (Å²) in [6.07, 6.45) is 2.13. The van der Waals surface area contributed by atoms with Gasteiger partial charge in [0, 0.05) is 11.0 Å². The maximum atomic E-state index is 11.8. The highest BCUT2D eigenvalue weighted by molar-refractivity contribution is 7.77. The summed E-state index contributed by atoms with van der Waals surface area (Å²) in [5, 5.41) is 14.4. The second-order valence-corrected chi connectivity index (χ2v) is 16.2. The molecule has 0 aromatic heterocycles. The summed E-state index contributed by atoms with van der Waals surface area (Å²) in [4.78, 5) is 5.52. The van der Waals surface area contributed by atoms with Gasteiger partial charge in [0.2, 0.25) is 0 Å². The molecule has 0 aliphatic carbocycles. The number of aliphatic imine (C=N–C) groups is 1. The first-order valence-electron chi connectivity index (χ1n) is 12.8. The number of aromatic hydroxyl groups is 1. The molecular formula is C32H42NOP. The number of para-hydroxylation sites is 1. The van der Waals surface area contributed by atoms with Crippen molar-refractivity contribution in [3.63, 3.8) is 0 Å². The zero-order chi connectivity index (χ0) is 25.8. The molecule has 1 heterocycles. The molecule has 3 aromatic rings. The van der Waals surface area contributed by atoms with Crippen LogP contribution in [0.4, 0.5) is 5.69 Å². The van der Waals surface area contributed by atoms with Gasteiger partial charge in [0.15, 0.2) is 0 Å². The third-order valence-corrected chi connectivity index (χ3v) is 11.0. The van der Waals surface area contributed by atoms with Crippen LogP contribution in [0.5, 0.6) is 5.75 Å². The Morgan fingerprint density at radius 1 is 0.800 bits per heavy atom. The first-order valence-corrected chi connectivity index (χ1v) is 14.4. The van der Waals surface area contributed by atoms with Crippen LogP contribution in [0.15, 0.2) is 65.7 Å². The van der Waals surface area contributed by atoms with Gasteiger partial charge < -0.3 is 5.11 Å². The van der Waals surface area contributed by atoms with Gasteiger partial charge in [-0.2, -0.15) is 0 Å². The molecule has 3 heteroatoms. The molecular weight excluding hydrogens is 445 g/mol. The highest BCUT2D eigenvalue weighted by Crippen LogP contribution is 2.68. The number of phenols is 1. The van der Waals surface area contributed by atoms with E-state index in [2.05, 4.69) is 123 Å². The van der Waals surface area contributed by atoms with Gasteiger partial charge in [-0.05, 0) is 57.0 Å². The first kappa shape index (κ1) is 25.9. The van der Waals surface area contributed by atoms with Crippen molar-refractivity contribution in [2.45, 2.75) is 84.7 Å². The Labute approximate surface area is 213 Å². The Hall–Kier alpha value is -2.18. The molecule has 1 fully saturated rings. The van der Waals surface area contributed by atoms with Crippen molar-refractivity contribution in [2.75, 3.05) is 6.16 Å². The topological polar surface area (TPSA) is 32.6 Å². The Balaban J connectivity index is 2.03. The van der Waals surface area contributed by atoms with Crippen molar-refractivity contribution in [3.05, 3.63) is 71.8 Å². The van der Waals surface area contributed by atoms with Gasteiger partial charge in [-0.25, -0.2) is 0 Å². The zero-order valence-corrected chi connectivity index (χ0v) is 23.9. The highest BCUT2D eigenvalue weighted by Gasteiger charge is 2.57. The highest BCUT2D eigenvalue weighted by atomic mass is 31.1. The van der Waals surface area contributed by atoms with Gasteiger partial charge in [0.25, 0.3) is 0 Å². The fourth-order valence-corrected chi connectivity index (χ4v) is 9.11. The predicted molar refractivity (Wildman–Crippen MR) is 155 cm³/mol. The summed E-state index contributed by atoms with van der Waals surface area (Å²) in [6.45, 7) is 20.6. The lowest BCUT2D eigenvalue weighted by atomic mass is 9.61. The maximum absolute atomic E-state index is 11.8. The van der Waals surface area contributed by atoms with E-state index in [9.17, 15) is 5.11 Å². The zero-order valence-electron chi connectivity index (χ0n) is 23.0. The third kappa shape index (κ3) is 4.55. The number of rotatable bonds is 2. The molecule has 0 saturated carbocycles. The van der Waals surface area contributed by atoms with Crippen molar-refractivity contribution in [1.82, 2.24) is 0 Å². The van der Waals surface area contributed by atoms with E-state index in [-0.39, 0.29) is 21.4 Å². The largest absolute Gasteiger partial charge is 0.507 e. The average molecular weight is 488 g/mol. The van der Waals surface area contributed by atoms with Crippen LogP contribution >= 0.6 is 7.92 Å². The second kappa shape index (κ2) is 8.74. The molecule has 2 unspecified atom stereocenters. The number of benzene rings is 3. The molecule has 1 aliphatic heterocycles. The van der Waals surface area contributed by atoms with Gasteiger partial charge in [-0.1, -0.05) is 119 Å². The molecule has 0 amide bonds. The standard InChI is InChI=1S/C32H42NOP/c1-29(2,3)25-15-12-16-26(27(25)34)32(30(4,5)6)19-20-35(31(7,8)9)28(32)33-24-18-17-22-13-10-11-14-23(22)21-24/h10-18,21,34H,19-20H2,1-9H3. The van der Waals surface area contributed by atoms with Gasteiger partial charge in [-0.3, -0.25) is 4.99 Å². The molecule has 186 valence electrons. The van der Waals surface area contributed by atoms with Crippen LogP contribution in [-0.4, -0.2) is 21.9 Å². The lowest BCUT2D eigenvalue weighted by Gasteiger charge is -2.45. The normalized spacial score (nSPS) is 22.8. The van der Waals surface area contributed by atoms with Crippen LogP contribution in [0.2, 0.25) is 0 Å². The minimum Gasteiger partial charge on any atom is -0.507 e. The maximum Gasteiger partial charge on any atom is 0.123 e. The summed E-state index contributed by atoms with van der Waals surface area (Å²) in [5.74, 6) is 0.451. The molecule has 2 nitrogen and oxygen atoms in total. The van der Waals surface area contributed by atoms with Crippen LogP contribution in [0, 0.1) is 5.41 Å². The predicted octanol–water partition coefficient (Wildman–Crippen LogP) is 9.54. The van der Waals surface area contributed by atoms with Crippen molar-refractivity contribution >= 4 is 29.8 Å². The smallest absolute Gasteiger partial charge is 0.123 e. The van der Waals surface area contributed by atoms with E-state index in [4.69, 9.17) is 4.99 Å². The van der Waals surface area contributed by atoms with Crippen LogP contribution in [0.25, 0.3) is 10.8 Å². The summed E-state index contributed by atoms with van der Waals surface area (Å²) in [7, 11) is -0.503. The van der Waals surface area contributed by atoms with Crippen molar-refractivity contribution in [1.29, 1.82) is 0 Å². The summed E-state index contributed by atoms with van der Waals surface area (Å²) >= 11 is 0. The van der Waals surface area contributed by atoms with Crippen LogP contribution in [-0.2, 0) is 10.8 Å². The van der Waals surface area contributed by atoms with Crippen LogP contribution in [0.1, 0.15) is 79.9 Å². The molecule has 1 N–H and O–H groups in total. The molecule has 0 bridgehead atoms. The summed E-state index contributed by atoms with van der Waals surface area (Å²) in [5.41, 5.74) is 3.77. The van der Waals surface area contributed by atoms with Crippen LogP contribution in [0.3, 0.4) is 0 Å². The van der Waals surface area contributed by atoms with Crippen molar-refractivity contribution in [3.8, 4) is 5.75 Å². The van der Waals surface area contributed by atoms with E-state index in [1.165, 1.54) is 16.2 Å². The number of nitrogens with zero attached hydrogens (tertiary/aromatic N) is 1. The molecule has 0 radical (unpaired) electrons. The van der Waals surface area contributed by atoms with Gasteiger partial charge in [0.05, 0.1) is 11.1 Å². The molecule has 1 aliphatic rings. The van der Waals surface area contributed by atoms with E-state index >= 15 is 0 Å². The van der Waals surface area contributed by atoms with Gasteiger partial charge in [-0.15, -0.1) is 0 Å². The summed E-state index contributed by atoms with van der Waals surface area (Å²) in [6, 6.07) is 21.4. The van der Waals surface area contributed by atoms with Gasteiger partial charge >= 0.3 is 0 Å². The van der Waals surface area contributed by atoms with Gasteiger partial charge in [0.1, 0.15) is 5.75 Å². The second-order valence-electron chi connectivity index (χ2n) is 13.1. The number of phenolic OH excluding ortho intramolecular Hbond substituents is 1. The van der Waals surface area contributed by atoms with E-state index in [0.29, 0.717) is 5.75 Å². The van der Waals surface area contributed by atoms with E-state index in [1.807, 2.05) is 0 Å². The first-order chi connectivity index (χ1) is 16.2. The molecule has 1 saturated heterocycles. The molecule has 3 aromatic carbocycles. The number of hydrogen-bond acceptors (Lipinski definition) is 2. The van der Waals surface area contributed by atoms with E-state index in [0.717, 1.165) is 29.4 Å². The Morgan fingerprint density at radius 2 is 1.46 bits per heavy atom. The Morgan fingerprint density at radius 3 is 2.06 bits per heavy atom. The van der Waals surface area contributed by atoms with E-state index in [1.54, 1.807) is 0 Å². The van der Waals surface area contributed by atoms with Crippen molar-refractivity contribution in [2.24, 2.45) is 10.4 Å². The molecule has 4 rings (SSSR count). The lowest BCUT2D eigenvalue weighted by Crippen LogP contribution is -2.44. The minimum atomic E-state index is -0.503. The quantitative estimate of drug-likeness (QED) is 0.359. The Bertz CT molecular complexity index is 1270. The van der Waals surface area contributed by atoms with Crippen LogP contribution < -0.4 is 0 Å². The number of fused-ring (bicyclic) bond motifs is 1. The molecule has 35 heavy (non-hydrogen) atoms. The Kier molecular flexibility index (Phi) is 6.46. The number of hydrogen-bond donors (Lipinski definition) is 1. The minimum absolute atomic E-state index is 0.112. The lowest BCUT2D eigenvalue weighted by molar-refractivity contribution is 0.252. The molecule has 0 spiro atoms. The average Bonchev–Trinajstić information content (AvgIpc) is 3.13. The SMILES string of the molecule is CC(C)(C)c1cccc(C2(C(C)(C)C)CCP(C(C)(C)C)C2=Nc2ccc3ccccc3c2)c1O. The fraction of sp³-hybridized carbons (Fsp3) is 0.469. The van der Waals surface area contributed by atoms with E-state index < -0.39 is 7.92 Å². The summed E-state index contributed by atoms with van der Waals surface area (Å²) < 4.78 is 0. The molecule has 2 atom stereocenters.